The molecular formula is C13H11F2N3O. The minimum absolute atomic E-state index is 0.143. The molecule has 2 unspecified atom stereocenters. The first-order valence-corrected chi connectivity index (χ1v) is 5.57. The maximum atomic E-state index is 13.7. The standard InChI is InChI=1S/C13H11F2N3O/c1-9(19)11(4-5-18-8-16-7-17-18)12-3-2-10(14)6-13(12)15/h2-3,6-9,11,19H,1H3. The van der Waals surface area contributed by atoms with Crippen LogP contribution in [0, 0.1) is 23.6 Å². The van der Waals surface area contributed by atoms with E-state index in [1.54, 1.807) is 0 Å². The summed E-state index contributed by atoms with van der Waals surface area (Å²) in [4.78, 5) is 3.71. The quantitative estimate of drug-likeness (QED) is 0.836. The Kier molecular flexibility index (Phi) is 3.88. The number of aliphatic hydroxyl groups excluding tert-OH is 1. The molecule has 1 heterocycles. The van der Waals surface area contributed by atoms with E-state index in [4.69, 9.17) is 0 Å². The number of benzene rings is 1. The van der Waals surface area contributed by atoms with Gasteiger partial charge in [-0.1, -0.05) is 12.0 Å². The smallest absolute Gasteiger partial charge is 0.138 e. The number of hydrogen-bond donors (Lipinski definition) is 1. The van der Waals surface area contributed by atoms with E-state index in [0.29, 0.717) is 0 Å². The normalized spacial score (nSPS) is 13.5. The largest absolute Gasteiger partial charge is 0.392 e. The molecule has 0 saturated carbocycles. The first-order valence-electron chi connectivity index (χ1n) is 5.57. The van der Waals surface area contributed by atoms with Gasteiger partial charge in [0.15, 0.2) is 0 Å². The molecule has 0 aliphatic heterocycles. The van der Waals surface area contributed by atoms with Crippen LogP contribution < -0.4 is 0 Å². The van der Waals surface area contributed by atoms with Crippen LogP contribution in [0.5, 0.6) is 0 Å². The van der Waals surface area contributed by atoms with Gasteiger partial charge in [-0.2, -0.15) is 4.68 Å². The van der Waals surface area contributed by atoms with Crippen molar-refractivity contribution in [1.82, 2.24) is 14.8 Å². The van der Waals surface area contributed by atoms with Crippen molar-refractivity contribution in [2.75, 3.05) is 0 Å². The van der Waals surface area contributed by atoms with Crippen molar-refractivity contribution < 1.29 is 13.9 Å². The minimum Gasteiger partial charge on any atom is -0.392 e. The molecule has 0 radical (unpaired) electrons. The van der Waals surface area contributed by atoms with Crippen LogP contribution in [0.15, 0.2) is 30.9 Å². The molecule has 6 heteroatoms. The Hall–Kier alpha value is -2.26. The molecule has 4 nitrogen and oxygen atoms in total. The van der Waals surface area contributed by atoms with Gasteiger partial charge in [-0.3, -0.25) is 0 Å². The summed E-state index contributed by atoms with van der Waals surface area (Å²) in [6, 6.07) is 5.79. The number of halogens is 2. The topological polar surface area (TPSA) is 50.9 Å². The minimum atomic E-state index is -0.906. The van der Waals surface area contributed by atoms with Gasteiger partial charge in [0.2, 0.25) is 0 Å². The van der Waals surface area contributed by atoms with Crippen molar-refractivity contribution in [3.05, 3.63) is 48.1 Å². The molecule has 2 aromatic rings. The summed E-state index contributed by atoms with van der Waals surface area (Å²) in [6.45, 7) is 1.49. The highest BCUT2D eigenvalue weighted by Crippen LogP contribution is 2.22. The van der Waals surface area contributed by atoms with Crippen molar-refractivity contribution in [1.29, 1.82) is 0 Å². The van der Waals surface area contributed by atoms with Gasteiger partial charge >= 0.3 is 0 Å². The molecule has 0 amide bonds. The molecule has 19 heavy (non-hydrogen) atoms. The Morgan fingerprint density at radius 3 is 2.74 bits per heavy atom. The van der Waals surface area contributed by atoms with E-state index >= 15 is 0 Å². The fraction of sp³-hybridized carbons (Fsp3) is 0.231. The second kappa shape index (κ2) is 5.59. The SMILES string of the molecule is CC(O)C(C#Cn1cncn1)c1ccc(F)cc1F. The lowest BCUT2D eigenvalue weighted by Crippen LogP contribution is -2.15. The summed E-state index contributed by atoms with van der Waals surface area (Å²) in [6.07, 6.45) is 1.79. The molecule has 2 rings (SSSR count). The predicted octanol–water partition coefficient (Wildman–Crippen LogP) is 1.53. The molecule has 0 spiro atoms. The zero-order chi connectivity index (χ0) is 13.8. The van der Waals surface area contributed by atoms with E-state index in [9.17, 15) is 13.9 Å². The van der Waals surface area contributed by atoms with Crippen molar-refractivity contribution in [2.45, 2.75) is 18.9 Å². The van der Waals surface area contributed by atoms with Crippen molar-refractivity contribution >= 4 is 0 Å². The molecule has 1 N–H and O–H groups in total. The van der Waals surface area contributed by atoms with Gasteiger partial charge in [-0.15, -0.1) is 5.10 Å². The van der Waals surface area contributed by atoms with E-state index in [2.05, 4.69) is 22.0 Å². The van der Waals surface area contributed by atoms with E-state index < -0.39 is 23.7 Å². The average Bonchev–Trinajstić information content (AvgIpc) is 2.84. The summed E-state index contributed by atoms with van der Waals surface area (Å²) < 4.78 is 27.8. The van der Waals surface area contributed by atoms with Gasteiger partial charge in [-0.05, 0) is 13.0 Å². The summed E-state index contributed by atoms with van der Waals surface area (Å²) in [7, 11) is 0. The molecule has 0 aliphatic rings. The highest BCUT2D eigenvalue weighted by Gasteiger charge is 2.19. The molecule has 98 valence electrons. The third-order valence-corrected chi connectivity index (χ3v) is 2.53. The molecule has 0 aliphatic carbocycles. The zero-order valence-corrected chi connectivity index (χ0v) is 10.1. The third-order valence-electron chi connectivity index (χ3n) is 2.53. The summed E-state index contributed by atoms with van der Waals surface area (Å²) in [5, 5.41) is 13.5. The Balaban J connectivity index is 2.35. The second-order valence-corrected chi connectivity index (χ2v) is 3.98. The van der Waals surface area contributed by atoms with Crippen LogP contribution in [0.3, 0.4) is 0 Å². The van der Waals surface area contributed by atoms with Gasteiger partial charge in [-0.25, -0.2) is 13.8 Å². The predicted molar refractivity (Wildman–Crippen MR) is 64.0 cm³/mol. The van der Waals surface area contributed by atoms with Gasteiger partial charge in [0, 0.05) is 17.7 Å². The Labute approximate surface area is 108 Å². The summed E-state index contributed by atoms with van der Waals surface area (Å²) in [5.41, 5.74) is 0.143. The number of aliphatic hydroxyl groups is 1. The summed E-state index contributed by atoms with van der Waals surface area (Å²) in [5.74, 6) is 0.514. The maximum absolute atomic E-state index is 13.7. The highest BCUT2D eigenvalue weighted by atomic mass is 19.1. The monoisotopic (exact) mass is 263 g/mol. The van der Waals surface area contributed by atoms with Crippen LogP contribution in [0.25, 0.3) is 0 Å². The molecule has 0 saturated heterocycles. The van der Waals surface area contributed by atoms with Gasteiger partial charge in [0.1, 0.15) is 24.3 Å². The maximum Gasteiger partial charge on any atom is 0.138 e. The highest BCUT2D eigenvalue weighted by molar-refractivity contribution is 5.31. The lowest BCUT2D eigenvalue weighted by molar-refractivity contribution is 0.180. The molecule has 0 bridgehead atoms. The van der Waals surface area contributed by atoms with E-state index in [1.807, 2.05) is 0 Å². The lowest BCUT2D eigenvalue weighted by atomic mass is 9.94. The fourth-order valence-corrected chi connectivity index (χ4v) is 1.61. The van der Waals surface area contributed by atoms with Crippen LogP contribution in [0.4, 0.5) is 8.78 Å². The first-order chi connectivity index (χ1) is 9.08. The van der Waals surface area contributed by atoms with Crippen LogP contribution >= 0.6 is 0 Å². The number of hydrogen-bond acceptors (Lipinski definition) is 3. The van der Waals surface area contributed by atoms with Crippen molar-refractivity contribution in [3.63, 3.8) is 0 Å². The van der Waals surface area contributed by atoms with Crippen molar-refractivity contribution in [2.24, 2.45) is 0 Å². The number of aromatic nitrogens is 3. The van der Waals surface area contributed by atoms with Gasteiger partial charge in [0.05, 0.1) is 12.0 Å². The molecular weight excluding hydrogens is 252 g/mol. The molecule has 2 atom stereocenters. The van der Waals surface area contributed by atoms with Crippen LogP contribution in [-0.2, 0) is 0 Å². The molecule has 0 fully saturated rings. The first kappa shape index (κ1) is 13.2. The Bertz CT molecular complexity index is 615. The molecule has 1 aromatic heterocycles. The van der Waals surface area contributed by atoms with Crippen molar-refractivity contribution in [3.8, 4) is 12.0 Å². The fourth-order valence-electron chi connectivity index (χ4n) is 1.61. The number of nitrogens with zero attached hydrogens (tertiary/aromatic N) is 3. The zero-order valence-electron chi connectivity index (χ0n) is 10.1. The Morgan fingerprint density at radius 1 is 1.37 bits per heavy atom. The van der Waals surface area contributed by atoms with E-state index in [0.717, 1.165) is 12.1 Å². The lowest BCUT2D eigenvalue weighted by Gasteiger charge is -2.14. The van der Waals surface area contributed by atoms with Gasteiger partial charge < -0.3 is 5.11 Å². The Morgan fingerprint density at radius 2 is 2.16 bits per heavy atom. The van der Waals surface area contributed by atoms with Crippen LogP contribution in [-0.4, -0.2) is 26.0 Å². The summed E-state index contributed by atoms with van der Waals surface area (Å²) >= 11 is 0. The van der Waals surface area contributed by atoms with E-state index in [1.165, 1.54) is 30.3 Å². The van der Waals surface area contributed by atoms with Gasteiger partial charge in [0.25, 0.3) is 0 Å². The van der Waals surface area contributed by atoms with Crippen LogP contribution in [0.1, 0.15) is 18.4 Å². The van der Waals surface area contributed by atoms with E-state index in [-0.39, 0.29) is 5.56 Å². The molecule has 1 aromatic carbocycles. The number of rotatable bonds is 2. The third kappa shape index (κ3) is 3.14. The second-order valence-electron chi connectivity index (χ2n) is 3.98. The average molecular weight is 263 g/mol. The van der Waals surface area contributed by atoms with Crippen LogP contribution in [0.2, 0.25) is 0 Å².